The van der Waals surface area contributed by atoms with E-state index in [-0.39, 0.29) is 17.7 Å². The van der Waals surface area contributed by atoms with Crippen molar-refractivity contribution in [1.82, 2.24) is 4.90 Å². The fourth-order valence-corrected chi connectivity index (χ4v) is 2.37. The van der Waals surface area contributed by atoms with Gasteiger partial charge in [0.1, 0.15) is 5.78 Å². The highest BCUT2D eigenvalue weighted by Gasteiger charge is 2.28. The Balaban J connectivity index is 1.98. The van der Waals surface area contributed by atoms with Gasteiger partial charge in [0.15, 0.2) is 0 Å². The summed E-state index contributed by atoms with van der Waals surface area (Å²) >= 11 is 0. The number of carbonyl (C=O) groups excluding carboxylic acids is 2. The number of ketones is 1. The molecule has 4 nitrogen and oxygen atoms in total. The van der Waals surface area contributed by atoms with E-state index in [1.807, 2.05) is 38.1 Å². The van der Waals surface area contributed by atoms with Crippen LogP contribution in [0.25, 0.3) is 0 Å². The van der Waals surface area contributed by atoms with Gasteiger partial charge in [-0.2, -0.15) is 0 Å². The minimum atomic E-state index is -0.114. The van der Waals surface area contributed by atoms with Crippen molar-refractivity contribution in [3.05, 3.63) is 29.8 Å². The molecule has 1 saturated heterocycles. The number of rotatable bonds is 2. The molecule has 0 saturated carbocycles. The van der Waals surface area contributed by atoms with Crippen LogP contribution >= 0.6 is 0 Å². The number of aryl methyl sites for hydroxylation is 1. The summed E-state index contributed by atoms with van der Waals surface area (Å²) in [4.78, 5) is 25.5. The lowest BCUT2D eigenvalue weighted by molar-refractivity contribution is -0.125. The molecule has 2 amide bonds. The quantitative estimate of drug-likeness (QED) is 0.889. The Kier molecular flexibility index (Phi) is 4.20. The Hall–Kier alpha value is -1.84. The first kappa shape index (κ1) is 13.6. The maximum Gasteiger partial charge on any atom is 0.321 e. The maximum atomic E-state index is 12.2. The van der Waals surface area contributed by atoms with E-state index < -0.39 is 0 Å². The number of amides is 2. The van der Waals surface area contributed by atoms with Crippen molar-refractivity contribution in [3.8, 4) is 0 Å². The van der Waals surface area contributed by atoms with Gasteiger partial charge < -0.3 is 10.2 Å². The lowest BCUT2D eigenvalue weighted by Gasteiger charge is -2.31. The standard InChI is InChI=1S/C15H20N2O2/c1-3-12-10-17(8-7-14(12)18)15(19)16-13-6-4-5-11(2)9-13/h4-6,9,12H,3,7-8,10H2,1-2H3,(H,16,19). The number of nitrogens with one attached hydrogen (secondary N) is 1. The third-order valence-electron chi connectivity index (χ3n) is 3.57. The van der Waals surface area contributed by atoms with Crippen LogP contribution in [0.5, 0.6) is 0 Å². The van der Waals surface area contributed by atoms with Crippen molar-refractivity contribution in [2.75, 3.05) is 18.4 Å². The summed E-state index contributed by atoms with van der Waals surface area (Å²) < 4.78 is 0. The third-order valence-corrected chi connectivity index (χ3v) is 3.57. The number of anilines is 1. The summed E-state index contributed by atoms with van der Waals surface area (Å²) in [5.74, 6) is 0.277. The molecule has 2 rings (SSSR count). The molecule has 1 aromatic carbocycles. The molecule has 1 aromatic rings. The van der Waals surface area contributed by atoms with Gasteiger partial charge in [-0.25, -0.2) is 4.79 Å². The Morgan fingerprint density at radius 2 is 2.26 bits per heavy atom. The smallest absolute Gasteiger partial charge is 0.321 e. The number of hydrogen-bond acceptors (Lipinski definition) is 2. The molecule has 0 aromatic heterocycles. The highest BCUT2D eigenvalue weighted by Crippen LogP contribution is 2.17. The fourth-order valence-electron chi connectivity index (χ4n) is 2.37. The van der Waals surface area contributed by atoms with Crippen LogP contribution in [-0.4, -0.2) is 29.8 Å². The van der Waals surface area contributed by atoms with Crippen LogP contribution in [-0.2, 0) is 4.79 Å². The summed E-state index contributed by atoms with van der Waals surface area (Å²) in [6.45, 7) is 5.03. The molecule has 0 aliphatic carbocycles. The van der Waals surface area contributed by atoms with Crippen molar-refractivity contribution >= 4 is 17.5 Å². The van der Waals surface area contributed by atoms with Crippen LogP contribution in [0.1, 0.15) is 25.3 Å². The summed E-state index contributed by atoms with van der Waals surface area (Å²) in [5, 5.41) is 2.89. The fraction of sp³-hybridized carbons (Fsp3) is 0.467. The molecule has 102 valence electrons. The Morgan fingerprint density at radius 3 is 2.95 bits per heavy atom. The van der Waals surface area contributed by atoms with Crippen LogP contribution in [0.4, 0.5) is 10.5 Å². The summed E-state index contributed by atoms with van der Waals surface area (Å²) in [7, 11) is 0. The molecule has 0 radical (unpaired) electrons. The number of piperidine rings is 1. The SMILES string of the molecule is CCC1CN(C(=O)Nc2cccc(C)c2)CCC1=O. The molecular formula is C15H20N2O2. The van der Waals surface area contributed by atoms with Gasteiger partial charge in [0.05, 0.1) is 0 Å². The second-order valence-corrected chi connectivity index (χ2v) is 5.07. The first-order valence-corrected chi connectivity index (χ1v) is 6.75. The van der Waals surface area contributed by atoms with Crippen molar-refractivity contribution in [2.45, 2.75) is 26.7 Å². The second-order valence-electron chi connectivity index (χ2n) is 5.07. The molecule has 0 spiro atoms. The summed E-state index contributed by atoms with van der Waals surface area (Å²) in [6, 6.07) is 7.60. The molecule has 1 aliphatic heterocycles. The molecule has 19 heavy (non-hydrogen) atoms. The molecule has 1 unspecified atom stereocenters. The Labute approximate surface area is 113 Å². The van der Waals surface area contributed by atoms with Gasteiger partial charge in [-0.1, -0.05) is 19.1 Å². The lowest BCUT2D eigenvalue weighted by atomic mass is 9.94. The molecular weight excluding hydrogens is 240 g/mol. The first-order chi connectivity index (χ1) is 9.10. The Bertz CT molecular complexity index is 485. The predicted molar refractivity (Wildman–Crippen MR) is 75.2 cm³/mol. The number of hydrogen-bond donors (Lipinski definition) is 1. The van der Waals surface area contributed by atoms with Crippen LogP contribution in [0.15, 0.2) is 24.3 Å². The van der Waals surface area contributed by atoms with Gasteiger partial charge in [0.25, 0.3) is 0 Å². The van der Waals surface area contributed by atoms with Crippen LogP contribution in [0.3, 0.4) is 0 Å². The highest BCUT2D eigenvalue weighted by molar-refractivity contribution is 5.91. The van der Waals surface area contributed by atoms with E-state index in [9.17, 15) is 9.59 Å². The minimum absolute atomic E-state index is 0.00277. The van der Waals surface area contributed by atoms with Gasteiger partial charge >= 0.3 is 6.03 Å². The number of urea groups is 1. The van der Waals surface area contributed by atoms with Gasteiger partial charge in [0.2, 0.25) is 0 Å². The van der Waals surface area contributed by atoms with Crippen molar-refractivity contribution in [3.63, 3.8) is 0 Å². The van der Waals surface area contributed by atoms with Gasteiger partial charge in [-0.15, -0.1) is 0 Å². The number of Topliss-reactive ketones (excluding diaryl/α,β-unsaturated/α-hetero) is 1. The number of carbonyl (C=O) groups is 2. The monoisotopic (exact) mass is 260 g/mol. The van der Waals surface area contributed by atoms with E-state index in [1.54, 1.807) is 4.90 Å². The number of nitrogens with zero attached hydrogens (tertiary/aromatic N) is 1. The van der Waals surface area contributed by atoms with E-state index in [0.717, 1.165) is 17.7 Å². The lowest BCUT2D eigenvalue weighted by Crippen LogP contribution is -2.45. The van der Waals surface area contributed by atoms with Gasteiger partial charge in [0, 0.05) is 31.1 Å². The molecule has 1 heterocycles. The molecule has 0 bridgehead atoms. The average Bonchev–Trinajstić information content (AvgIpc) is 2.39. The Morgan fingerprint density at radius 1 is 1.47 bits per heavy atom. The largest absolute Gasteiger partial charge is 0.323 e. The normalized spacial score (nSPS) is 19.4. The minimum Gasteiger partial charge on any atom is -0.323 e. The molecule has 4 heteroatoms. The zero-order valence-electron chi connectivity index (χ0n) is 11.5. The zero-order valence-corrected chi connectivity index (χ0v) is 11.5. The highest BCUT2D eigenvalue weighted by atomic mass is 16.2. The van der Waals surface area contributed by atoms with E-state index in [4.69, 9.17) is 0 Å². The zero-order chi connectivity index (χ0) is 13.8. The molecule has 1 fully saturated rings. The van der Waals surface area contributed by atoms with Crippen molar-refractivity contribution in [1.29, 1.82) is 0 Å². The van der Waals surface area contributed by atoms with Gasteiger partial charge in [-0.3, -0.25) is 4.79 Å². The summed E-state index contributed by atoms with van der Waals surface area (Å²) in [5.41, 5.74) is 1.91. The topological polar surface area (TPSA) is 49.4 Å². The second kappa shape index (κ2) is 5.87. The maximum absolute atomic E-state index is 12.2. The van der Waals surface area contributed by atoms with Gasteiger partial charge in [-0.05, 0) is 31.0 Å². The van der Waals surface area contributed by atoms with E-state index in [2.05, 4.69) is 5.32 Å². The van der Waals surface area contributed by atoms with Crippen LogP contribution in [0.2, 0.25) is 0 Å². The summed E-state index contributed by atoms with van der Waals surface area (Å²) in [6.07, 6.45) is 1.27. The average molecular weight is 260 g/mol. The third kappa shape index (κ3) is 3.34. The van der Waals surface area contributed by atoms with Crippen molar-refractivity contribution < 1.29 is 9.59 Å². The van der Waals surface area contributed by atoms with Crippen molar-refractivity contribution in [2.24, 2.45) is 5.92 Å². The predicted octanol–water partition coefficient (Wildman–Crippen LogP) is 2.83. The number of likely N-dealkylation sites (tertiary alicyclic amines) is 1. The van der Waals surface area contributed by atoms with E-state index in [0.29, 0.717) is 19.5 Å². The van der Waals surface area contributed by atoms with E-state index in [1.165, 1.54) is 0 Å². The van der Waals surface area contributed by atoms with E-state index >= 15 is 0 Å². The molecule has 1 atom stereocenters. The van der Waals surface area contributed by atoms with Crippen LogP contribution < -0.4 is 5.32 Å². The first-order valence-electron chi connectivity index (χ1n) is 6.75. The van der Waals surface area contributed by atoms with Crippen LogP contribution in [0, 0.1) is 12.8 Å². The number of benzene rings is 1. The molecule has 1 N–H and O–H groups in total. The molecule has 1 aliphatic rings.